The third-order valence-corrected chi connectivity index (χ3v) is 14.1. The van der Waals surface area contributed by atoms with Crippen LogP contribution in [0, 0.1) is 0 Å². The molecule has 0 radical (unpaired) electrons. The molecule has 0 heterocycles. The van der Waals surface area contributed by atoms with Gasteiger partial charge in [-0.15, -0.1) is 0 Å². The lowest BCUT2D eigenvalue weighted by atomic mass is 10.1. The molecule has 2 aromatic rings. The highest BCUT2D eigenvalue weighted by Gasteiger charge is 2.28. The molecule has 0 spiro atoms. The highest BCUT2D eigenvalue weighted by molar-refractivity contribution is 9.15. The first kappa shape index (κ1) is 40.1. The van der Waals surface area contributed by atoms with E-state index in [9.17, 15) is 19.2 Å². The summed E-state index contributed by atoms with van der Waals surface area (Å²) in [6.45, 7) is 1.65. The Hall–Kier alpha value is 0.0800. The van der Waals surface area contributed by atoms with Gasteiger partial charge in [0.1, 0.15) is 0 Å². The van der Waals surface area contributed by atoms with Gasteiger partial charge in [0.15, 0.2) is 0 Å². The monoisotopic (exact) mass is 1070 g/mol. The molecule has 18 heteroatoms. The van der Waals surface area contributed by atoms with Crippen molar-refractivity contribution in [2.75, 3.05) is 13.1 Å². The highest BCUT2D eigenvalue weighted by atomic mass is 79.9. The van der Waals surface area contributed by atoms with E-state index in [1.807, 2.05) is 0 Å². The quantitative estimate of drug-likeness (QED) is 0.0802. The Morgan fingerprint density at radius 2 is 0.575 bits per heavy atom. The molecule has 10 nitrogen and oxygen atoms in total. The van der Waals surface area contributed by atoms with Gasteiger partial charge in [0.2, 0.25) is 0 Å². The average molecular weight is 1080 g/mol. The molecule has 0 aliphatic carbocycles. The van der Waals surface area contributed by atoms with Crippen molar-refractivity contribution >= 4 is 151 Å². The molecule has 40 heavy (non-hydrogen) atoms. The fourth-order valence-electron chi connectivity index (χ4n) is 2.71. The highest BCUT2D eigenvalue weighted by Crippen LogP contribution is 2.43. The van der Waals surface area contributed by atoms with Crippen LogP contribution in [0.2, 0.25) is 0 Å². The number of rotatable bonds is 9. The summed E-state index contributed by atoms with van der Waals surface area (Å²) >= 11 is 24.8. The minimum Gasteiger partial charge on any atom is -0.478 e. The Bertz CT molecular complexity index is 1100. The predicted molar refractivity (Wildman–Crippen MR) is 179 cm³/mol. The third-order valence-electron chi connectivity index (χ3n) is 4.55. The minimum atomic E-state index is -1.32. The summed E-state index contributed by atoms with van der Waals surface area (Å²) < 4.78 is 2.42. The van der Waals surface area contributed by atoms with Crippen molar-refractivity contribution in [1.82, 2.24) is 0 Å². The molecule has 0 atom stereocenters. The fraction of sp³-hybridized carbons (Fsp3) is 0.273. The number of unbranched alkanes of at least 4 members (excludes halogenated alkanes) is 3. The van der Waals surface area contributed by atoms with Crippen molar-refractivity contribution in [2.24, 2.45) is 11.5 Å². The van der Waals surface area contributed by atoms with Crippen LogP contribution in [0.4, 0.5) is 0 Å². The van der Waals surface area contributed by atoms with Crippen LogP contribution in [0.25, 0.3) is 0 Å². The molecule has 0 bridgehead atoms. The van der Waals surface area contributed by atoms with E-state index in [0.29, 0.717) is 17.9 Å². The van der Waals surface area contributed by atoms with Crippen LogP contribution in [0.15, 0.2) is 35.8 Å². The van der Waals surface area contributed by atoms with Crippen LogP contribution in [-0.2, 0) is 0 Å². The average Bonchev–Trinajstić information content (AvgIpc) is 2.87. The van der Waals surface area contributed by atoms with E-state index >= 15 is 0 Å². The maximum atomic E-state index is 11.0. The predicted octanol–water partition coefficient (Wildman–Crippen LogP) is 8.73. The summed E-state index contributed by atoms with van der Waals surface area (Å²) in [4.78, 5) is 44.0. The molecule has 222 valence electrons. The van der Waals surface area contributed by atoms with Crippen LogP contribution < -0.4 is 11.5 Å². The zero-order valence-electron chi connectivity index (χ0n) is 19.8. The Morgan fingerprint density at radius 3 is 0.700 bits per heavy atom. The molecule has 0 aromatic heterocycles. The van der Waals surface area contributed by atoms with Gasteiger partial charge in [0.05, 0.1) is 22.3 Å². The van der Waals surface area contributed by atoms with Gasteiger partial charge in [-0.3, -0.25) is 0 Å². The van der Waals surface area contributed by atoms with Crippen molar-refractivity contribution in [3.05, 3.63) is 58.0 Å². The van der Waals surface area contributed by atoms with E-state index in [4.69, 9.17) is 31.9 Å². The Morgan fingerprint density at radius 1 is 0.400 bits per heavy atom. The molecule has 0 saturated heterocycles. The van der Waals surface area contributed by atoms with Crippen LogP contribution in [-0.4, -0.2) is 57.4 Å². The molecule has 0 amide bonds. The van der Waals surface area contributed by atoms with Gasteiger partial charge in [-0.2, -0.15) is 0 Å². The first-order valence-corrected chi connectivity index (χ1v) is 16.9. The molecule has 0 saturated carbocycles. The number of carbonyl (C=O) groups is 4. The van der Waals surface area contributed by atoms with Crippen LogP contribution in [0.3, 0.4) is 0 Å². The van der Waals surface area contributed by atoms with E-state index in [0.717, 1.165) is 25.9 Å². The number of carboxylic acids is 4. The molecule has 0 unspecified atom stereocenters. The van der Waals surface area contributed by atoms with Gasteiger partial charge in [-0.05, 0) is 153 Å². The number of hydrogen-bond acceptors (Lipinski definition) is 6. The summed E-state index contributed by atoms with van der Waals surface area (Å²) in [6, 6.07) is 0. The first-order valence-electron chi connectivity index (χ1n) is 10.5. The van der Waals surface area contributed by atoms with E-state index in [-0.39, 0.29) is 40.1 Å². The summed E-state index contributed by atoms with van der Waals surface area (Å²) in [5.41, 5.74) is 9.32. The number of nitrogens with two attached hydrogens (primary N) is 2. The van der Waals surface area contributed by atoms with E-state index in [1.165, 1.54) is 12.8 Å². The molecule has 0 fully saturated rings. The second-order valence-electron chi connectivity index (χ2n) is 7.22. The van der Waals surface area contributed by atoms with E-state index in [2.05, 4.69) is 127 Å². The second-order valence-corrected chi connectivity index (χ2v) is 13.6. The van der Waals surface area contributed by atoms with E-state index in [1.54, 1.807) is 0 Å². The molecule has 0 aliphatic heterocycles. The number of halogens is 8. The second kappa shape index (κ2) is 19.4. The first-order chi connectivity index (χ1) is 18.5. The number of benzene rings is 2. The summed E-state index contributed by atoms with van der Waals surface area (Å²) in [5.74, 6) is -5.28. The topological polar surface area (TPSA) is 201 Å². The molecule has 2 rings (SSSR count). The molecular formula is C22H20Br8N2O8. The summed E-state index contributed by atoms with van der Waals surface area (Å²) in [6.07, 6.45) is 4.79. The lowest BCUT2D eigenvalue weighted by Crippen LogP contribution is -2.11. The fourth-order valence-corrected chi connectivity index (χ4v) is 7.62. The molecular weight excluding hydrogens is 1060 g/mol. The maximum absolute atomic E-state index is 11.0. The van der Waals surface area contributed by atoms with Crippen molar-refractivity contribution < 1.29 is 39.6 Å². The smallest absolute Gasteiger partial charge is 0.337 e. The van der Waals surface area contributed by atoms with Gasteiger partial charge in [0, 0.05) is 35.8 Å². The summed E-state index contributed by atoms with van der Waals surface area (Å²) in [5, 5.41) is 35.9. The Kier molecular flexibility index (Phi) is 19.4. The van der Waals surface area contributed by atoms with Gasteiger partial charge in [-0.25, -0.2) is 19.2 Å². The normalized spacial score (nSPS) is 10.2. The Labute approximate surface area is 296 Å². The standard InChI is InChI=1S/2C8H2Br4O4.C6H16N2/c2*9-3-1(7(13)14)2(8(15)16)4(10)6(12)5(3)11;7-5-3-1-2-4-6-8/h2*(H,13,14)(H,15,16);1-8H2. The SMILES string of the molecule is NCCCCCCN.O=C(O)c1c(Br)c(Br)c(Br)c(Br)c1C(=O)O.O=C(O)c1c(Br)c(Br)c(Br)c(Br)c1C(=O)O. The lowest BCUT2D eigenvalue weighted by Gasteiger charge is -2.11. The molecule has 2 aromatic carbocycles. The third kappa shape index (κ3) is 11.0. The largest absolute Gasteiger partial charge is 0.478 e. The van der Waals surface area contributed by atoms with Crippen molar-refractivity contribution in [3.63, 3.8) is 0 Å². The molecule has 0 aliphatic rings. The van der Waals surface area contributed by atoms with E-state index < -0.39 is 23.9 Å². The number of carboxylic acid groups (broad SMARTS) is 4. The number of hydrogen-bond donors (Lipinski definition) is 6. The zero-order valence-corrected chi connectivity index (χ0v) is 32.5. The summed E-state index contributed by atoms with van der Waals surface area (Å²) in [7, 11) is 0. The van der Waals surface area contributed by atoms with Crippen LogP contribution in [0.5, 0.6) is 0 Å². The van der Waals surface area contributed by atoms with Gasteiger partial charge in [0.25, 0.3) is 0 Å². The van der Waals surface area contributed by atoms with Crippen molar-refractivity contribution in [2.45, 2.75) is 25.7 Å². The maximum Gasteiger partial charge on any atom is 0.337 e. The van der Waals surface area contributed by atoms with Gasteiger partial charge < -0.3 is 31.9 Å². The number of aromatic carboxylic acids is 4. The van der Waals surface area contributed by atoms with Crippen LogP contribution in [0.1, 0.15) is 67.1 Å². The lowest BCUT2D eigenvalue weighted by molar-refractivity contribution is 0.0649. The van der Waals surface area contributed by atoms with Crippen molar-refractivity contribution in [1.29, 1.82) is 0 Å². The van der Waals surface area contributed by atoms with Gasteiger partial charge >= 0.3 is 23.9 Å². The molecule has 8 N–H and O–H groups in total. The van der Waals surface area contributed by atoms with Crippen LogP contribution >= 0.6 is 127 Å². The Balaban J connectivity index is 0.000000605. The zero-order chi connectivity index (χ0) is 31.5. The van der Waals surface area contributed by atoms with Crippen molar-refractivity contribution in [3.8, 4) is 0 Å². The van der Waals surface area contributed by atoms with Gasteiger partial charge in [-0.1, -0.05) is 12.8 Å². The minimum absolute atomic E-state index is 0.174.